The van der Waals surface area contributed by atoms with Crippen LogP contribution in [0.15, 0.2) is 76.7 Å². The van der Waals surface area contributed by atoms with E-state index in [1.54, 1.807) is 0 Å². The van der Waals surface area contributed by atoms with Crippen LogP contribution in [0.3, 0.4) is 0 Å². The van der Waals surface area contributed by atoms with Crippen LogP contribution < -0.4 is 10.9 Å². The number of benzene rings is 2. The van der Waals surface area contributed by atoms with Crippen LogP contribution in [-0.2, 0) is 21.2 Å². The zero-order valence-corrected chi connectivity index (χ0v) is 17.5. The molecule has 1 N–H and O–H groups in total. The molecule has 2 aromatic carbocycles. The number of aromatic nitrogens is 2. The van der Waals surface area contributed by atoms with Gasteiger partial charge in [0.05, 0.1) is 16.7 Å². The van der Waals surface area contributed by atoms with Gasteiger partial charge in [-0.15, -0.1) is 11.3 Å². The molecule has 0 fully saturated rings. The normalized spacial score (nSPS) is 11.5. The Morgan fingerprint density at radius 1 is 1.10 bits per heavy atom. The molecule has 0 aliphatic heterocycles. The third kappa shape index (κ3) is 4.17. The fourth-order valence-electron chi connectivity index (χ4n) is 2.94. The summed E-state index contributed by atoms with van der Waals surface area (Å²) >= 11 is 1.34. The Balaban J connectivity index is 1.54. The van der Waals surface area contributed by atoms with E-state index in [0.717, 1.165) is 16.7 Å². The van der Waals surface area contributed by atoms with E-state index in [0.29, 0.717) is 15.9 Å². The van der Waals surface area contributed by atoms with Crippen molar-refractivity contribution in [3.8, 4) is 10.4 Å². The van der Waals surface area contributed by atoms with E-state index in [4.69, 9.17) is 0 Å². The molecular formula is C21H17N3O4S2. The number of sulfone groups is 1. The van der Waals surface area contributed by atoms with Gasteiger partial charge in [-0.25, -0.2) is 13.4 Å². The largest absolute Gasteiger partial charge is 0.325 e. The first-order chi connectivity index (χ1) is 14.3. The lowest BCUT2D eigenvalue weighted by Crippen LogP contribution is -2.27. The van der Waals surface area contributed by atoms with Gasteiger partial charge in [0.2, 0.25) is 5.91 Å². The molecule has 0 unspecified atom stereocenters. The van der Waals surface area contributed by atoms with Crippen molar-refractivity contribution in [2.45, 2.75) is 11.4 Å². The first-order valence-corrected chi connectivity index (χ1v) is 11.7. The molecule has 0 spiro atoms. The predicted octanol–water partition coefficient (Wildman–Crippen LogP) is 3.17. The maximum atomic E-state index is 12.8. The van der Waals surface area contributed by atoms with Crippen LogP contribution in [0.4, 0.5) is 5.69 Å². The molecule has 152 valence electrons. The molecule has 0 aliphatic carbocycles. The van der Waals surface area contributed by atoms with E-state index in [-0.39, 0.29) is 17.0 Å². The topological polar surface area (TPSA) is 98.1 Å². The second-order valence-corrected chi connectivity index (χ2v) is 9.78. The van der Waals surface area contributed by atoms with Gasteiger partial charge in [0, 0.05) is 16.8 Å². The summed E-state index contributed by atoms with van der Waals surface area (Å²) in [6.45, 7) is -0.200. The number of fused-ring (bicyclic) bond motifs is 1. The Morgan fingerprint density at radius 2 is 1.80 bits per heavy atom. The summed E-state index contributed by atoms with van der Waals surface area (Å²) in [5.41, 5.74) is 1.75. The molecule has 4 aromatic rings. The van der Waals surface area contributed by atoms with E-state index in [1.807, 2.05) is 36.4 Å². The number of amides is 1. The third-order valence-corrected chi connectivity index (χ3v) is 6.73. The monoisotopic (exact) mass is 439 g/mol. The summed E-state index contributed by atoms with van der Waals surface area (Å²) < 4.78 is 24.8. The minimum absolute atomic E-state index is 0.165. The number of rotatable bonds is 5. The van der Waals surface area contributed by atoms with Gasteiger partial charge in [-0.2, -0.15) is 0 Å². The summed E-state index contributed by atoms with van der Waals surface area (Å²) in [5.74, 6) is -0.412. The summed E-state index contributed by atoms with van der Waals surface area (Å²) in [5, 5.41) is 2.66. The zero-order chi connectivity index (χ0) is 21.3. The van der Waals surface area contributed by atoms with Crippen LogP contribution in [0.5, 0.6) is 0 Å². The smallest absolute Gasteiger partial charge is 0.271 e. The number of hydrogen-bond acceptors (Lipinski definition) is 6. The molecule has 4 rings (SSSR count). The molecule has 0 atom stereocenters. The molecule has 30 heavy (non-hydrogen) atoms. The Kier molecular flexibility index (Phi) is 5.23. The van der Waals surface area contributed by atoms with Crippen molar-refractivity contribution in [1.82, 2.24) is 9.55 Å². The van der Waals surface area contributed by atoms with Crippen molar-refractivity contribution < 1.29 is 13.2 Å². The molecule has 0 saturated carbocycles. The highest BCUT2D eigenvalue weighted by atomic mass is 32.2. The highest BCUT2D eigenvalue weighted by Crippen LogP contribution is 2.30. The van der Waals surface area contributed by atoms with Crippen LogP contribution in [0, 0.1) is 0 Å². The quantitative estimate of drug-likeness (QED) is 0.515. The van der Waals surface area contributed by atoms with Crippen LogP contribution in [0.1, 0.15) is 0 Å². The standard InChI is InChI=1S/C21H17N3O4S2/c1-30(27,28)16-9-7-15(8-10-16)23-19(25)12-24-13-22-17-11-18(29-20(17)21(24)26)14-5-3-2-4-6-14/h2-11,13H,12H2,1H3,(H,23,25). The molecule has 0 radical (unpaired) electrons. The van der Waals surface area contributed by atoms with Gasteiger partial charge in [0.15, 0.2) is 9.84 Å². The molecular weight excluding hydrogens is 422 g/mol. The number of carbonyl (C=O) groups is 1. The Hall–Kier alpha value is -3.30. The van der Waals surface area contributed by atoms with Gasteiger partial charge < -0.3 is 5.32 Å². The second kappa shape index (κ2) is 7.85. The van der Waals surface area contributed by atoms with E-state index >= 15 is 0 Å². The molecule has 2 heterocycles. The van der Waals surface area contributed by atoms with Crippen molar-refractivity contribution in [1.29, 1.82) is 0 Å². The summed E-state index contributed by atoms with van der Waals surface area (Å²) in [6.07, 6.45) is 2.47. The van der Waals surface area contributed by atoms with Gasteiger partial charge in [-0.3, -0.25) is 14.2 Å². The molecule has 0 bridgehead atoms. The fraction of sp³-hybridized carbons (Fsp3) is 0.0952. The average molecular weight is 440 g/mol. The zero-order valence-electron chi connectivity index (χ0n) is 15.9. The van der Waals surface area contributed by atoms with Crippen molar-refractivity contribution in [3.63, 3.8) is 0 Å². The molecule has 0 aliphatic rings. The minimum Gasteiger partial charge on any atom is -0.325 e. The number of nitrogens with one attached hydrogen (secondary N) is 1. The van der Waals surface area contributed by atoms with Crippen LogP contribution >= 0.6 is 11.3 Å². The highest BCUT2D eigenvalue weighted by Gasteiger charge is 2.13. The maximum Gasteiger partial charge on any atom is 0.271 e. The van der Waals surface area contributed by atoms with Crippen LogP contribution in [-0.4, -0.2) is 30.1 Å². The van der Waals surface area contributed by atoms with E-state index in [2.05, 4.69) is 10.3 Å². The molecule has 7 nitrogen and oxygen atoms in total. The Labute approximate surface area is 176 Å². The van der Waals surface area contributed by atoms with Gasteiger partial charge >= 0.3 is 0 Å². The van der Waals surface area contributed by atoms with Gasteiger partial charge in [0.1, 0.15) is 11.2 Å². The molecule has 2 aromatic heterocycles. The number of hydrogen-bond donors (Lipinski definition) is 1. The Morgan fingerprint density at radius 3 is 2.47 bits per heavy atom. The van der Waals surface area contributed by atoms with Crippen molar-refractivity contribution in [2.24, 2.45) is 0 Å². The molecule has 0 saturated heterocycles. The average Bonchev–Trinajstić information content (AvgIpc) is 3.16. The first-order valence-electron chi connectivity index (χ1n) is 8.95. The highest BCUT2D eigenvalue weighted by molar-refractivity contribution is 7.90. The van der Waals surface area contributed by atoms with E-state index in [9.17, 15) is 18.0 Å². The lowest BCUT2D eigenvalue weighted by Gasteiger charge is -2.07. The van der Waals surface area contributed by atoms with Crippen molar-refractivity contribution in [2.75, 3.05) is 11.6 Å². The number of anilines is 1. The minimum atomic E-state index is -3.31. The number of carbonyl (C=O) groups excluding carboxylic acids is 1. The molecule has 1 amide bonds. The summed E-state index contributed by atoms with van der Waals surface area (Å²) in [4.78, 5) is 30.6. The maximum absolute atomic E-state index is 12.8. The van der Waals surface area contributed by atoms with Gasteiger partial charge in [0.25, 0.3) is 5.56 Å². The number of nitrogens with zero attached hydrogens (tertiary/aromatic N) is 2. The van der Waals surface area contributed by atoms with Crippen molar-refractivity contribution in [3.05, 3.63) is 77.3 Å². The SMILES string of the molecule is CS(=O)(=O)c1ccc(NC(=O)Cn2cnc3cc(-c4ccccc4)sc3c2=O)cc1. The summed E-state index contributed by atoms with van der Waals surface area (Å²) in [6, 6.07) is 17.4. The summed E-state index contributed by atoms with van der Waals surface area (Å²) in [7, 11) is -3.31. The predicted molar refractivity (Wildman–Crippen MR) is 117 cm³/mol. The fourth-order valence-corrected chi connectivity index (χ4v) is 4.64. The molecule has 9 heteroatoms. The van der Waals surface area contributed by atoms with Crippen LogP contribution in [0.25, 0.3) is 20.7 Å². The first kappa shape index (κ1) is 20.0. The lowest BCUT2D eigenvalue weighted by molar-refractivity contribution is -0.116. The van der Waals surface area contributed by atoms with E-state index in [1.165, 1.54) is 46.5 Å². The van der Waals surface area contributed by atoms with Gasteiger partial charge in [-0.05, 0) is 35.9 Å². The lowest BCUT2D eigenvalue weighted by atomic mass is 10.2. The van der Waals surface area contributed by atoms with Crippen LogP contribution in [0.2, 0.25) is 0 Å². The van der Waals surface area contributed by atoms with Crippen molar-refractivity contribution >= 4 is 43.0 Å². The van der Waals surface area contributed by atoms with E-state index < -0.39 is 15.7 Å². The second-order valence-electron chi connectivity index (χ2n) is 6.71. The van der Waals surface area contributed by atoms with Gasteiger partial charge in [-0.1, -0.05) is 30.3 Å². The third-order valence-electron chi connectivity index (χ3n) is 4.44. The number of thiophene rings is 1. The Bertz CT molecular complexity index is 1390.